The minimum atomic E-state index is -4.56. The van der Waals surface area contributed by atoms with Crippen molar-refractivity contribution >= 4 is 27.5 Å². The summed E-state index contributed by atoms with van der Waals surface area (Å²) in [6, 6.07) is 7.92. The normalized spacial score (nSPS) is 13.2. The van der Waals surface area contributed by atoms with E-state index in [1.165, 1.54) is 12.1 Å². The van der Waals surface area contributed by atoms with Crippen LogP contribution in [-0.4, -0.2) is 25.7 Å². The molecule has 0 saturated heterocycles. The van der Waals surface area contributed by atoms with Gasteiger partial charge in [0.2, 0.25) is 0 Å². The fourth-order valence-corrected chi connectivity index (χ4v) is 2.74. The maximum atomic E-state index is 12.9. The van der Waals surface area contributed by atoms with Gasteiger partial charge in [-0.05, 0) is 28.1 Å². The van der Waals surface area contributed by atoms with Crippen LogP contribution in [0.25, 0.3) is 0 Å². The summed E-state index contributed by atoms with van der Waals surface area (Å²) < 4.78 is 55.2. The largest absolute Gasteiger partial charge is 0.486 e. The molecule has 1 heterocycles. The van der Waals surface area contributed by atoms with Crippen molar-refractivity contribution in [1.82, 2.24) is 0 Å². The van der Waals surface area contributed by atoms with E-state index in [0.29, 0.717) is 34.9 Å². The smallest absolute Gasteiger partial charge is 0.419 e. The van der Waals surface area contributed by atoms with Crippen molar-refractivity contribution in [3.63, 3.8) is 0 Å². The molecule has 1 aliphatic heterocycles. The summed E-state index contributed by atoms with van der Waals surface area (Å²) in [7, 11) is 0. The zero-order chi connectivity index (χ0) is 18.7. The highest BCUT2D eigenvalue weighted by Crippen LogP contribution is 2.38. The molecule has 5 nitrogen and oxygen atoms in total. The Kier molecular flexibility index (Phi) is 5.26. The third-order valence-corrected chi connectivity index (χ3v) is 4.11. The first-order valence-electron chi connectivity index (χ1n) is 7.52. The quantitative estimate of drug-likeness (QED) is 0.785. The Labute approximate surface area is 155 Å². The Morgan fingerprint density at radius 1 is 1.15 bits per heavy atom. The van der Waals surface area contributed by atoms with Crippen LogP contribution in [0.15, 0.2) is 40.9 Å². The molecule has 0 spiro atoms. The zero-order valence-corrected chi connectivity index (χ0v) is 14.8. The predicted molar refractivity (Wildman–Crippen MR) is 90.7 cm³/mol. The number of hydrogen-bond acceptors (Lipinski definition) is 4. The number of nitrogens with one attached hydrogen (secondary N) is 1. The van der Waals surface area contributed by atoms with Gasteiger partial charge >= 0.3 is 6.18 Å². The molecular formula is C17H13BrF3NO4. The molecule has 0 radical (unpaired) electrons. The molecule has 1 aliphatic rings. The fourth-order valence-electron chi connectivity index (χ4n) is 2.32. The zero-order valence-electron chi connectivity index (χ0n) is 13.2. The Morgan fingerprint density at radius 3 is 2.50 bits per heavy atom. The topological polar surface area (TPSA) is 56.8 Å². The summed E-state index contributed by atoms with van der Waals surface area (Å²) >= 11 is 3.30. The molecule has 1 amide bonds. The summed E-state index contributed by atoms with van der Waals surface area (Å²) in [5.41, 5.74) is -0.541. The molecule has 26 heavy (non-hydrogen) atoms. The number of rotatable bonds is 4. The molecular weight excluding hydrogens is 419 g/mol. The fraction of sp³-hybridized carbons (Fsp3) is 0.235. The molecule has 9 heteroatoms. The van der Waals surface area contributed by atoms with Gasteiger partial charge in [-0.2, -0.15) is 13.2 Å². The first-order valence-corrected chi connectivity index (χ1v) is 8.32. The van der Waals surface area contributed by atoms with E-state index in [0.717, 1.165) is 12.1 Å². The van der Waals surface area contributed by atoms with Crippen molar-refractivity contribution < 1.29 is 32.2 Å². The van der Waals surface area contributed by atoms with Gasteiger partial charge in [-0.15, -0.1) is 0 Å². The first kappa shape index (κ1) is 18.4. The van der Waals surface area contributed by atoms with E-state index in [2.05, 4.69) is 21.2 Å². The van der Waals surface area contributed by atoms with Crippen molar-refractivity contribution in [2.75, 3.05) is 25.1 Å². The second-order valence-corrected chi connectivity index (χ2v) is 6.16. The van der Waals surface area contributed by atoms with Crippen LogP contribution in [-0.2, 0) is 11.0 Å². The van der Waals surface area contributed by atoms with E-state index >= 15 is 0 Å². The molecule has 0 aromatic heterocycles. The summed E-state index contributed by atoms with van der Waals surface area (Å²) in [5.74, 6) is -0.00897. The van der Waals surface area contributed by atoms with Crippen LogP contribution in [0, 0.1) is 0 Å². The SMILES string of the molecule is O=C(COc1ccccc1C(F)(F)F)Nc1cc2c(cc1Br)OCCO2. The van der Waals surface area contributed by atoms with Crippen molar-refractivity contribution in [1.29, 1.82) is 0 Å². The van der Waals surface area contributed by atoms with Crippen molar-refractivity contribution in [3.8, 4) is 17.2 Å². The molecule has 0 bridgehead atoms. The maximum Gasteiger partial charge on any atom is 0.419 e. The molecule has 0 fully saturated rings. The summed E-state index contributed by atoms with van der Waals surface area (Å²) in [6.07, 6.45) is -4.56. The summed E-state index contributed by atoms with van der Waals surface area (Å²) in [6.45, 7) is 0.241. The predicted octanol–water partition coefficient (Wildman–Crippen LogP) is 4.26. The van der Waals surface area contributed by atoms with Crippen molar-refractivity contribution in [3.05, 3.63) is 46.4 Å². The van der Waals surface area contributed by atoms with Crippen LogP contribution in [0.1, 0.15) is 5.56 Å². The number of fused-ring (bicyclic) bond motifs is 1. The van der Waals surface area contributed by atoms with Gasteiger partial charge in [-0.1, -0.05) is 12.1 Å². The highest BCUT2D eigenvalue weighted by Gasteiger charge is 2.34. The maximum absolute atomic E-state index is 12.9. The van der Waals surface area contributed by atoms with Crippen LogP contribution in [0.2, 0.25) is 0 Å². The molecule has 0 atom stereocenters. The summed E-state index contributed by atoms with van der Waals surface area (Å²) in [4.78, 5) is 12.1. The van der Waals surface area contributed by atoms with Gasteiger partial charge in [0.25, 0.3) is 5.91 Å². The lowest BCUT2D eigenvalue weighted by atomic mass is 10.2. The third-order valence-electron chi connectivity index (χ3n) is 3.46. The van der Waals surface area contributed by atoms with E-state index in [4.69, 9.17) is 14.2 Å². The Hall–Kier alpha value is -2.42. The number of hydrogen-bond donors (Lipinski definition) is 1. The van der Waals surface area contributed by atoms with Gasteiger partial charge in [0, 0.05) is 16.6 Å². The lowest BCUT2D eigenvalue weighted by Crippen LogP contribution is -2.22. The van der Waals surface area contributed by atoms with Crippen molar-refractivity contribution in [2.45, 2.75) is 6.18 Å². The lowest BCUT2D eigenvalue weighted by molar-refractivity contribution is -0.139. The molecule has 2 aromatic rings. The lowest BCUT2D eigenvalue weighted by Gasteiger charge is -2.20. The van der Waals surface area contributed by atoms with Gasteiger partial charge in [-0.3, -0.25) is 4.79 Å². The molecule has 0 saturated carbocycles. The highest BCUT2D eigenvalue weighted by atomic mass is 79.9. The van der Waals surface area contributed by atoms with Crippen LogP contribution in [0.5, 0.6) is 17.2 Å². The van der Waals surface area contributed by atoms with E-state index < -0.39 is 30.0 Å². The van der Waals surface area contributed by atoms with Gasteiger partial charge in [-0.25, -0.2) is 0 Å². The standard InChI is InChI=1S/C17H13BrF3NO4/c18-11-7-14-15(25-6-5-24-14)8-12(11)22-16(23)9-26-13-4-2-1-3-10(13)17(19,20)21/h1-4,7-8H,5-6,9H2,(H,22,23). The van der Waals surface area contributed by atoms with Gasteiger partial charge in [0.15, 0.2) is 18.1 Å². The number of amides is 1. The van der Waals surface area contributed by atoms with E-state index in [9.17, 15) is 18.0 Å². The number of carbonyl (C=O) groups excluding carboxylic acids is 1. The molecule has 0 unspecified atom stereocenters. The highest BCUT2D eigenvalue weighted by molar-refractivity contribution is 9.10. The van der Waals surface area contributed by atoms with Crippen LogP contribution in [0.3, 0.4) is 0 Å². The molecule has 1 N–H and O–H groups in total. The van der Waals surface area contributed by atoms with Crippen molar-refractivity contribution in [2.24, 2.45) is 0 Å². The molecule has 138 valence electrons. The van der Waals surface area contributed by atoms with Crippen LogP contribution >= 0.6 is 15.9 Å². The van der Waals surface area contributed by atoms with Crippen LogP contribution in [0.4, 0.5) is 18.9 Å². The Balaban J connectivity index is 1.67. The minimum Gasteiger partial charge on any atom is -0.486 e. The van der Waals surface area contributed by atoms with Gasteiger partial charge < -0.3 is 19.5 Å². The number of halogens is 4. The van der Waals surface area contributed by atoms with Gasteiger partial charge in [0.05, 0.1) is 11.3 Å². The third kappa shape index (κ3) is 4.21. The number of anilines is 1. The van der Waals surface area contributed by atoms with Gasteiger partial charge in [0.1, 0.15) is 19.0 Å². The monoisotopic (exact) mass is 431 g/mol. The number of carbonyl (C=O) groups is 1. The Bertz CT molecular complexity index is 826. The number of ether oxygens (including phenoxy) is 3. The second kappa shape index (κ2) is 7.45. The average molecular weight is 432 g/mol. The van der Waals surface area contributed by atoms with E-state index in [-0.39, 0.29) is 0 Å². The molecule has 2 aromatic carbocycles. The van der Waals surface area contributed by atoms with E-state index in [1.807, 2.05) is 0 Å². The van der Waals surface area contributed by atoms with E-state index in [1.54, 1.807) is 12.1 Å². The van der Waals surface area contributed by atoms with Crippen LogP contribution < -0.4 is 19.5 Å². The number of para-hydroxylation sites is 1. The average Bonchev–Trinajstić information content (AvgIpc) is 2.60. The molecule has 0 aliphatic carbocycles. The molecule has 3 rings (SSSR count). The summed E-state index contributed by atoms with van der Waals surface area (Å²) in [5, 5.41) is 2.56. The second-order valence-electron chi connectivity index (χ2n) is 5.31. The minimum absolute atomic E-state index is 0.388. The number of alkyl halides is 3. The first-order chi connectivity index (χ1) is 12.3. The Morgan fingerprint density at radius 2 is 1.81 bits per heavy atom. The number of benzene rings is 2.